The van der Waals surface area contributed by atoms with E-state index in [1.807, 2.05) is 0 Å². The van der Waals surface area contributed by atoms with Crippen molar-refractivity contribution in [2.24, 2.45) is 0 Å². The van der Waals surface area contributed by atoms with E-state index in [9.17, 15) is 9.18 Å². The maximum atomic E-state index is 13.3. The third kappa shape index (κ3) is 3.91. The number of amides is 1. The summed E-state index contributed by atoms with van der Waals surface area (Å²) in [5.41, 5.74) is 1.20. The number of hydrogen-bond donors (Lipinski definition) is 1. The third-order valence-electron chi connectivity index (χ3n) is 4.29. The first kappa shape index (κ1) is 17.8. The van der Waals surface area contributed by atoms with Crippen LogP contribution in [0.4, 0.5) is 10.1 Å². The summed E-state index contributed by atoms with van der Waals surface area (Å²) in [6, 6.07) is 6.36. The van der Waals surface area contributed by atoms with Crippen molar-refractivity contribution in [1.82, 2.24) is 20.3 Å². The van der Waals surface area contributed by atoms with Crippen LogP contribution in [0.5, 0.6) is 0 Å². The van der Waals surface area contributed by atoms with Crippen molar-refractivity contribution < 1.29 is 9.18 Å². The van der Waals surface area contributed by atoms with E-state index in [1.165, 1.54) is 17.4 Å². The minimum atomic E-state index is -0.439. The molecule has 4 rings (SSSR count). The van der Waals surface area contributed by atoms with Gasteiger partial charge in [-0.3, -0.25) is 4.79 Å². The number of nitrogens with one attached hydrogen (secondary N) is 1. The van der Waals surface area contributed by atoms with Gasteiger partial charge in [0.25, 0.3) is 5.91 Å². The Hall–Kier alpha value is -2.58. The van der Waals surface area contributed by atoms with Crippen LogP contribution in [-0.4, -0.2) is 40.0 Å². The molecule has 1 atom stereocenters. The predicted octanol–water partition coefficient (Wildman–Crippen LogP) is 3.40. The van der Waals surface area contributed by atoms with Gasteiger partial charge in [-0.05, 0) is 30.7 Å². The molecule has 1 N–H and O–H groups in total. The summed E-state index contributed by atoms with van der Waals surface area (Å²) in [4.78, 5) is 27.2. The molecule has 3 aromatic rings. The van der Waals surface area contributed by atoms with Crippen molar-refractivity contribution >= 4 is 34.5 Å². The normalized spacial score (nSPS) is 16.5. The van der Waals surface area contributed by atoms with Crippen LogP contribution in [0.25, 0.3) is 10.8 Å². The van der Waals surface area contributed by atoms with Gasteiger partial charge in [-0.2, -0.15) is 0 Å². The molecule has 1 aromatic carbocycles. The van der Waals surface area contributed by atoms with Crippen molar-refractivity contribution in [3.63, 3.8) is 0 Å². The van der Waals surface area contributed by atoms with E-state index < -0.39 is 5.82 Å². The van der Waals surface area contributed by atoms with Crippen LogP contribution >= 0.6 is 22.9 Å². The van der Waals surface area contributed by atoms with Crippen LogP contribution in [-0.2, 0) is 0 Å². The second-order valence-electron chi connectivity index (χ2n) is 6.11. The average molecular weight is 404 g/mol. The van der Waals surface area contributed by atoms with Crippen LogP contribution < -0.4 is 10.2 Å². The first-order chi connectivity index (χ1) is 13.1. The van der Waals surface area contributed by atoms with Gasteiger partial charge in [0.15, 0.2) is 10.8 Å². The second-order valence-corrected chi connectivity index (χ2v) is 7.38. The number of aromatic nitrogens is 3. The van der Waals surface area contributed by atoms with Gasteiger partial charge in [-0.1, -0.05) is 11.6 Å². The number of benzene rings is 1. The largest absolute Gasteiger partial charge is 0.369 e. The average Bonchev–Trinajstić information content (AvgIpc) is 3.34. The summed E-state index contributed by atoms with van der Waals surface area (Å²) in [5.74, 6) is -0.162. The molecular weight excluding hydrogens is 389 g/mol. The van der Waals surface area contributed by atoms with Gasteiger partial charge in [-0.15, -0.1) is 11.3 Å². The Kier molecular flexibility index (Phi) is 5.00. The summed E-state index contributed by atoms with van der Waals surface area (Å²) in [6.45, 7) is 1.39. The Labute approximate surface area is 164 Å². The second kappa shape index (κ2) is 7.58. The number of hydrogen-bond acceptors (Lipinski definition) is 6. The summed E-state index contributed by atoms with van der Waals surface area (Å²) in [6.07, 6.45) is 4.07. The van der Waals surface area contributed by atoms with Gasteiger partial charge in [0.1, 0.15) is 11.5 Å². The highest BCUT2D eigenvalue weighted by Gasteiger charge is 2.25. The van der Waals surface area contributed by atoms with Crippen molar-refractivity contribution in [3.05, 3.63) is 58.6 Å². The van der Waals surface area contributed by atoms with Crippen molar-refractivity contribution in [2.75, 3.05) is 18.0 Å². The topological polar surface area (TPSA) is 71.0 Å². The molecule has 0 bridgehead atoms. The van der Waals surface area contributed by atoms with Crippen LogP contribution in [0.2, 0.25) is 5.02 Å². The lowest BCUT2D eigenvalue weighted by atomic mass is 10.2. The smallest absolute Gasteiger partial charge is 0.271 e. The summed E-state index contributed by atoms with van der Waals surface area (Å²) >= 11 is 7.19. The molecule has 27 heavy (non-hydrogen) atoms. The van der Waals surface area contributed by atoms with Gasteiger partial charge in [0.05, 0.1) is 5.02 Å². The van der Waals surface area contributed by atoms with Crippen LogP contribution in [0.3, 0.4) is 0 Å². The van der Waals surface area contributed by atoms with Crippen molar-refractivity contribution in [3.8, 4) is 10.8 Å². The zero-order valence-electron chi connectivity index (χ0n) is 14.1. The number of nitrogens with zero attached hydrogens (tertiary/aromatic N) is 4. The first-order valence-electron chi connectivity index (χ1n) is 8.34. The van der Waals surface area contributed by atoms with Gasteiger partial charge in [0, 0.05) is 42.6 Å². The molecule has 0 radical (unpaired) electrons. The fourth-order valence-corrected chi connectivity index (χ4v) is 3.86. The van der Waals surface area contributed by atoms with E-state index in [0.29, 0.717) is 23.1 Å². The Morgan fingerprint density at radius 1 is 1.33 bits per heavy atom. The molecule has 1 fully saturated rings. The molecule has 3 heterocycles. The van der Waals surface area contributed by atoms with E-state index in [1.54, 1.807) is 36.0 Å². The molecule has 0 aliphatic carbocycles. The SMILES string of the molecule is O=C(NC1CCN(c2ccc(F)c(Cl)c2)C1)c1csc(-c2ncccn2)n1. The van der Waals surface area contributed by atoms with E-state index >= 15 is 0 Å². The minimum absolute atomic E-state index is 0.0144. The zero-order valence-corrected chi connectivity index (χ0v) is 15.7. The van der Waals surface area contributed by atoms with Crippen molar-refractivity contribution in [2.45, 2.75) is 12.5 Å². The number of carbonyl (C=O) groups excluding carboxylic acids is 1. The number of rotatable bonds is 4. The van der Waals surface area contributed by atoms with Gasteiger partial charge < -0.3 is 10.2 Å². The monoisotopic (exact) mass is 403 g/mol. The Balaban J connectivity index is 1.39. The first-order valence-corrected chi connectivity index (χ1v) is 9.59. The Bertz CT molecular complexity index is 967. The quantitative estimate of drug-likeness (QED) is 0.722. The standard InChI is InChI=1S/C18H15ClFN5OS/c19-13-8-12(2-3-14(13)20)25-7-4-11(9-25)23-17(26)15-10-27-18(24-15)16-21-5-1-6-22-16/h1-3,5-6,8,10-11H,4,7,9H2,(H,23,26). The molecule has 9 heteroatoms. The van der Waals surface area contributed by atoms with Gasteiger partial charge in [-0.25, -0.2) is 19.3 Å². The maximum Gasteiger partial charge on any atom is 0.271 e. The lowest BCUT2D eigenvalue weighted by Crippen LogP contribution is -2.37. The minimum Gasteiger partial charge on any atom is -0.369 e. The fourth-order valence-electron chi connectivity index (χ4n) is 2.94. The molecule has 1 unspecified atom stereocenters. The van der Waals surface area contributed by atoms with E-state index in [0.717, 1.165) is 18.7 Å². The maximum absolute atomic E-state index is 13.3. The summed E-state index contributed by atoms with van der Waals surface area (Å²) in [7, 11) is 0. The van der Waals surface area contributed by atoms with Crippen LogP contribution in [0.1, 0.15) is 16.9 Å². The number of thiazole rings is 1. The predicted molar refractivity (Wildman–Crippen MR) is 103 cm³/mol. The van der Waals surface area contributed by atoms with E-state index in [-0.39, 0.29) is 17.0 Å². The lowest BCUT2D eigenvalue weighted by molar-refractivity contribution is 0.0936. The molecule has 1 aliphatic heterocycles. The van der Waals surface area contributed by atoms with E-state index in [4.69, 9.17) is 11.6 Å². The molecule has 1 aliphatic rings. The molecular formula is C18H15ClFN5OS. The van der Waals surface area contributed by atoms with Crippen molar-refractivity contribution in [1.29, 1.82) is 0 Å². The highest BCUT2D eigenvalue weighted by molar-refractivity contribution is 7.13. The lowest BCUT2D eigenvalue weighted by Gasteiger charge is -2.19. The number of anilines is 1. The molecule has 1 amide bonds. The molecule has 6 nitrogen and oxygen atoms in total. The van der Waals surface area contributed by atoms with Crippen LogP contribution in [0.15, 0.2) is 42.0 Å². The fraction of sp³-hybridized carbons (Fsp3) is 0.222. The highest BCUT2D eigenvalue weighted by atomic mass is 35.5. The number of halogens is 2. The third-order valence-corrected chi connectivity index (χ3v) is 5.41. The van der Waals surface area contributed by atoms with Gasteiger partial charge >= 0.3 is 0 Å². The Morgan fingerprint density at radius 3 is 2.93 bits per heavy atom. The summed E-state index contributed by atoms with van der Waals surface area (Å²) in [5, 5.41) is 5.40. The highest BCUT2D eigenvalue weighted by Crippen LogP contribution is 2.26. The van der Waals surface area contributed by atoms with Gasteiger partial charge in [0.2, 0.25) is 0 Å². The van der Waals surface area contributed by atoms with Crippen LogP contribution in [0, 0.1) is 5.82 Å². The molecule has 0 saturated carbocycles. The van der Waals surface area contributed by atoms with E-state index in [2.05, 4.69) is 25.2 Å². The Morgan fingerprint density at radius 2 is 2.15 bits per heavy atom. The molecule has 138 valence electrons. The summed E-state index contributed by atoms with van der Waals surface area (Å²) < 4.78 is 13.3. The molecule has 0 spiro atoms. The molecule has 2 aromatic heterocycles. The zero-order chi connectivity index (χ0) is 18.8. The molecule has 1 saturated heterocycles. The number of carbonyl (C=O) groups is 1.